The highest BCUT2D eigenvalue weighted by Crippen LogP contribution is 2.18. The van der Waals surface area contributed by atoms with Gasteiger partial charge in [0.05, 0.1) is 6.10 Å². The molecule has 0 bridgehead atoms. The summed E-state index contributed by atoms with van der Waals surface area (Å²) in [7, 11) is 0. The topological polar surface area (TPSA) is 20.2 Å². The summed E-state index contributed by atoms with van der Waals surface area (Å²) in [5.74, 6) is 0.740. The molecule has 0 saturated carbocycles. The summed E-state index contributed by atoms with van der Waals surface area (Å²) in [6, 6.07) is 10.2. The molecule has 2 heteroatoms. The molecular weight excluding hydrogens is 216 g/mol. The van der Waals surface area contributed by atoms with Crippen LogP contribution in [-0.4, -0.2) is 17.0 Å². The van der Waals surface area contributed by atoms with Crippen molar-refractivity contribution in [3.05, 3.63) is 54.6 Å². The van der Waals surface area contributed by atoms with E-state index in [9.17, 15) is 5.11 Å². The molecule has 0 unspecified atom stereocenters. The number of thioether (sulfide) groups is 1. The van der Waals surface area contributed by atoms with Gasteiger partial charge in [0.1, 0.15) is 0 Å². The number of benzene rings is 1. The zero-order valence-electron chi connectivity index (χ0n) is 9.54. The number of aliphatic hydroxyl groups is 1. The molecular formula is C14H18OS. The van der Waals surface area contributed by atoms with Crippen molar-refractivity contribution in [2.45, 2.75) is 24.3 Å². The van der Waals surface area contributed by atoms with Crippen molar-refractivity contribution >= 4 is 11.8 Å². The van der Waals surface area contributed by atoms with Crippen LogP contribution in [0.15, 0.2) is 59.5 Å². The van der Waals surface area contributed by atoms with Crippen LogP contribution in [0.1, 0.15) is 13.3 Å². The predicted octanol–water partition coefficient (Wildman–Crippen LogP) is 3.66. The molecule has 0 amide bonds. The Bertz CT molecular complexity index is 330. The lowest BCUT2D eigenvalue weighted by atomic mass is 10.2. The van der Waals surface area contributed by atoms with Gasteiger partial charge in [-0.05, 0) is 25.5 Å². The first-order valence-corrected chi connectivity index (χ1v) is 6.45. The summed E-state index contributed by atoms with van der Waals surface area (Å²) in [5, 5.41) is 9.71. The van der Waals surface area contributed by atoms with Gasteiger partial charge in [0.25, 0.3) is 0 Å². The van der Waals surface area contributed by atoms with Gasteiger partial charge in [0.15, 0.2) is 0 Å². The SMILES string of the molecule is C/C=C/C=C/C[C@@H](O)CSc1ccccc1. The van der Waals surface area contributed by atoms with E-state index in [-0.39, 0.29) is 6.10 Å². The van der Waals surface area contributed by atoms with E-state index >= 15 is 0 Å². The van der Waals surface area contributed by atoms with Crippen LogP contribution in [0.3, 0.4) is 0 Å². The van der Waals surface area contributed by atoms with E-state index in [1.807, 2.05) is 49.4 Å². The Hall–Kier alpha value is -0.990. The third-order valence-corrected chi connectivity index (χ3v) is 3.19. The lowest BCUT2D eigenvalue weighted by molar-refractivity contribution is 0.203. The van der Waals surface area contributed by atoms with Gasteiger partial charge >= 0.3 is 0 Å². The van der Waals surface area contributed by atoms with Crippen LogP contribution in [0.4, 0.5) is 0 Å². The molecule has 0 aromatic heterocycles. The molecule has 1 nitrogen and oxygen atoms in total. The molecule has 16 heavy (non-hydrogen) atoms. The van der Waals surface area contributed by atoms with Gasteiger partial charge in [-0.2, -0.15) is 0 Å². The van der Waals surface area contributed by atoms with Gasteiger partial charge in [-0.15, -0.1) is 11.8 Å². The van der Waals surface area contributed by atoms with Gasteiger partial charge in [-0.25, -0.2) is 0 Å². The molecule has 1 aromatic carbocycles. The molecule has 0 spiro atoms. The first-order chi connectivity index (χ1) is 7.83. The summed E-state index contributed by atoms with van der Waals surface area (Å²) in [4.78, 5) is 1.21. The minimum atomic E-state index is -0.272. The molecule has 86 valence electrons. The molecule has 0 aliphatic rings. The molecule has 0 aliphatic heterocycles. The highest BCUT2D eigenvalue weighted by molar-refractivity contribution is 7.99. The van der Waals surface area contributed by atoms with Crippen molar-refractivity contribution in [3.8, 4) is 0 Å². The third kappa shape index (κ3) is 5.79. The average molecular weight is 234 g/mol. The van der Waals surface area contributed by atoms with Crippen LogP contribution >= 0.6 is 11.8 Å². The van der Waals surface area contributed by atoms with E-state index in [0.29, 0.717) is 6.42 Å². The number of allylic oxidation sites excluding steroid dienone is 3. The summed E-state index contributed by atoms with van der Waals surface area (Å²) in [6.45, 7) is 1.98. The first-order valence-electron chi connectivity index (χ1n) is 5.46. The van der Waals surface area contributed by atoms with E-state index in [2.05, 4.69) is 12.1 Å². The van der Waals surface area contributed by atoms with Crippen LogP contribution in [0.25, 0.3) is 0 Å². The summed E-state index contributed by atoms with van der Waals surface area (Å²) < 4.78 is 0. The van der Waals surface area contributed by atoms with Crippen molar-refractivity contribution in [2.24, 2.45) is 0 Å². The zero-order chi connectivity index (χ0) is 11.6. The standard InChI is InChI=1S/C14H18OS/c1-2-3-4-6-9-13(15)12-16-14-10-7-5-8-11-14/h2-8,10-11,13,15H,9,12H2,1H3/b3-2+,6-4+/t13-/m1/s1. The summed E-state index contributed by atoms with van der Waals surface area (Å²) >= 11 is 1.69. The Labute approximate surface area is 102 Å². The summed E-state index contributed by atoms with van der Waals surface area (Å²) in [6.07, 6.45) is 8.35. The number of hydrogen-bond acceptors (Lipinski definition) is 2. The molecule has 1 N–H and O–H groups in total. The van der Waals surface area contributed by atoms with E-state index < -0.39 is 0 Å². The molecule has 0 heterocycles. The molecule has 0 saturated heterocycles. The smallest absolute Gasteiger partial charge is 0.0668 e. The lowest BCUT2D eigenvalue weighted by Gasteiger charge is -2.06. The predicted molar refractivity (Wildman–Crippen MR) is 71.7 cm³/mol. The van der Waals surface area contributed by atoms with Crippen LogP contribution in [0, 0.1) is 0 Å². The maximum absolute atomic E-state index is 9.71. The van der Waals surface area contributed by atoms with Crippen molar-refractivity contribution in [1.29, 1.82) is 0 Å². The Kier molecular flexibility index (Phi) is 6.70. The Balaban J connectivity index is 2.22. The van der Waals surface area contributed by atoms with Crippen LogP contribution < -0.4 is 0 Å². The van der Waals surface area contributed by atoms with Gasteiger partial charge in [-0.1, -0.05) is 42.5 Å². The Morgan fingerprint density at radius 3 is 2.69 bits per heavy atom. The Morgan fingerprint density at radius 1 is 1.25 bits per heavy atom. The fourth-order valence-corrected chi connectivity index (χ4v) is 2.07. The van der Waals surface area contributed by atoms with E-state index in [1.54, 1.807) is 11.8 Å². The minimum Gasteiger partial charge on any atom is -0.392 e. The zero-order valence-corrected chi connectivity index (χ0v) is 10.4. The molecule has 0 aliphatic carbocycles. The van der Waals surface area contributed by atoms with Crippen LogP contribution in [-0.2, 0) is 0 Å². The Morgan fingerprint density at radius 2 is 2.00 bits per heavy atom. The molecule has 0 radical (unpaired) electrons. The maximum atomic E-state index is 9.71. The van der Waals surface area contributed by atoms with E-state index in [0.717, 1.165) is 5.75 Å². The number of aliphatic hydroxyl groups excluding tert-OH is 1. The molecule has 1 rings (SSSR count). The number of hydrogen-bond donors (Lipinski definition) is 1. The molecule has 0 fully saturated rings. The first kappa shape index (κ1) is 13.1. The third-order valence-electron chi connectivity index (χ3n) is 2.03. The van der Waals surface area contributed by atoms with Crippen LogP contribution in [0.5, 0.6) is 0 Å². The second-order valence-corrected chi connectivity index (χ2v) is 4.56. The van der Waals surface area contributed by atoms with Crippen molar-refractivity contribution in [1.82, 2.24) is 0 Å². The highest BCUT2D eigenvalue weighted by Gasteiger charge is 2.02. The molecule has 1 aromatic rings. The second kappa shape index (κ2) is 8.20. The van der Waals surface area contributed by atoms with E-state index in [1.165, 1.54) is 4.90 Å². The van der Waals surface area contributed by atoms with Crippen molar-refractivity contribution in [2.75, 3.05) is 5.75 Å². The van der Waals surface area contributed by atoms with Gasteiger partial charge < -0.3 is 5.11 Å². The average Bonchev–Trinajstić information content (AvgIpc) is 2.33. The lowest BCUT2D eigenvalue weighted by Crippen LogP contribution is -2.07. The monoisotopic (exact) mass is 234 g/mol. The van der Waals surface area contributed by atoms with Crippen LogP contribution in [0.2, 0.25) is 0 Å². The quantitative estimate of drug-likeness (QED) is 0.599. The fraction of sp³-hybridized carbons (Fsp3) is 0.286. The number of rotatable bonds is 6. The largest absolute Gasteiger partial charge is 0.392 e. The van der Waals surface area contributed by atoms with Crippen molar-refractivity contribution < 1.29 is 5.11 Å². The maximum Gasteiger partial charge on any atom is 0.0668 e. The summed E-state index contributed by atoms with van der Waals surface area (Å²) in [5.41, 5.74) is 0. The van der Waals surface area contributed by atoms with E-state index in [4.69, 9.17) is 0 Å². The normalized spacial score (nSPS) is 13.6. The van der Waals surface area contributed by atoms with Gasteiger partial charge in [-0.3, -0.25) is 0 Å². The minimum absolute atomic E-state index is 0.272. The van der Waals surface area contributed by atoms with Gasteiger partial charge in [0.2, 0.25) is 0 Å². The van der Waals surface area contributed by atoms with Gasteiger partial charge in [0, 0.05) is 10.6 Å². The second-order valence-electron chi connectivity index (χ2n) is 3.47. The molecule has 1 atom stereocenters. The van der Waals surface area contributed by atoms with Crippen molar-refractivity contribution in [3.63, 3.8) is 0 Å². The highest BCUT2D eigenvalue weighted by atomic mass is 32.2. The fourth-order valence-electron chi connectivity index (χ4n) is 1.20.